The number of amides is 1. The van der Waals surface area contributed by atoms with Gasteiger partial charge in [-0.1, -0.05) is 17.7 Å². The van der Waals surface area contributed by atoms with Crippen LogP contribution < -0.4 is 10.3 Å². The van der Waals surface area contributed by atoms with Crippen molar-refractivity contribution in [3.05, 3.63) is 69.1 Å². The van der Waals surface area contributed by atoms with Crippen LogP contribution in [0.1, 0.15) is 23.0 Å². The minimum atomic E-state index is -0.250. The number of carbonyl (C=O) groups excluding carboxylic acids is 1. The highest BCUT2D eigenvalue weighted by molar-refractivity contribution is 6.30. The van der Waals surface area contributed by atoms with E-state index < -0.39 is 0 Å². The van der Waals surface area contributed by atoms with Crippen molar-refractivity contribution < 1.29 is 4.79 Å². The second kappa shape index (κ2) is 7.87. The molecule has 1 aromatic carbocycles. The van der Waals surface area contributed by atoms with Crippen LogP contribution in [0, 0.1) is 6.92 Å². The zero-order valence-electron chi connectivity index (χ0n) is 16.6. The minimum Gasteiger partial charge on any atom is -0.368 e. The zero-order chi connectivity index (χ0) is 20.5. The summed E-state index contributed by atoms with van der Waals surface area (Å²) in [5.74, 6) is -0.217. The first-order valence-electron chi connectivity index (χ1n) is 9.78. The molecule has 1 aliphatic rings. The second-order valence-corrected chi connectivity index (χ2v) is 7.68. The van der Waals surface area contributed by atoms with Gasteiger partial charge in [0.25, 0.3) is 5.91 Å². The van der Waals surface area contributed by atoms with Crippen LogP contribution in [-0.2, 0) is 6.54 Å². The number of nitrogens with zero attached hydrogens (tertiary/aromatic N) is 4. The summed E-state index contributed by atoms with van der Waals surface area (Å²) in [6.07, 6.45) is 1.66. The molecule has 0 N–H and O–H groups in total. The van der Waals surface area contributed by atoms with Gasteiger partial charge in [0.05, 0.1) is 5.39 Å². The average molecular weight is 411 g/mol. The zero-order valence-corrected chi connectivity index (χ0v) is 17.3. The molecule has 4 rings (SSSR count). The highest BCUT2D eigenvalue weighted by Crippen LogP contribution is 2.21. The molecule has 2 aromatic heterocycles. The third-order valence-electron chi connectivity index (χ3n) is 5.37. The van der Waals surface area contributed by atoms with Crippen molar-refractivity contribution in [3.63, 3.8) is 0 Å². The van der Waals surface area contributed by atoms with E-state index in [2.05, 4.69) is 9.88 Å². The number of carbonyl (C=O) groups is 1. The summed E-state index contributed by atoms with van der Waals surface area (Å²) in [5.41, 5.74) is 2.47. The Hall–Kier alpha value is -2.86. The fourth-order valence-corrected chi connectivity index (χ4v) is 3.95. The van der Waals surface area contributed by atoms with E-state index in [-0.39, 0.29) is 16.9 Å². The summed E-state index contributed by atoms with van der Waals surface area (Å²) in [7, 11) is 0. The molecule has 29 heavy (non-hydrogen) atoms. The number of fused-ring (bicyclic) bond motifs is 1. The van der Waals surface area contributed by atoms with Gasteiger partial charge in [0.15, 0.2) is 0 Å². The molecule has 0 radical (unpaired) electrons. The van der Waals surface area contributed by atoms with Crippen molar-refractivity contribution in [1.82, 2.24) is 14.5 Å². The van der Waals surface area contributed by atoms with Gasteiger partial charge in [-0.25, -0.2) is 4.98 Å². The monoisotopic (exact) mass is 410 g/mol. The predicted octanol–water partition coefficient (Wildman–Crippen LogP) is 3.34. The van der Waals surface area contributed by atoms with Gasteiger partial charge >= 0.3 is 0 Å². The van der Waals surface area contributed by atoms with Crippen molar-refractivity contribution in [3.8, 4) is 0 Å². The third-order valence-corrected chi connectivity index (χ3v) is 5.61. The Kier molecular flexibility index (Phi) is 5.28. The third kappa shape index (κ3) is 3.72. The number of rotatable bonds is 3. The standard InChI is InChI=1S/C22H23ClN4O2/c1-3-25-14-19(20(28)18-8-7-15(2)24-21(18)25)22(29)27-11-9-26(10-12-27)17-6-4-5-16(23)13-17/h4-8,13-14H,3,9-12H2,1-2H3. The topological polar surface area (TPSA) is 58.4 Å². The van der Waals surface area contributed by atoms with Gasteiger partial charge in [-0.2, -0.15) is 0 Å². The largest absolute Gasteiger partial charge is 0.368 e. The first-order chi connectivity index (χ1) is 14.0. The molecule has 3 aromatic rings. The number of aromatic nitrogens is 2. The van der Waals surface area contributed by atoms with E-state index in [9.17, 15) is 9.59 Å². The van der Waals surface area contributed by atoms with Gasteiger partial charge in [-0.3, -0.25) is 9.59 Å². The highest BCUT2D eigenvalue weighted by Gasteiger charge is 2.25. The SMILES string of the molecule is CCn1cc(C(=O)N2CCN(c3cccc(Cl)c3)CC2)c(=O)c2ccc(C)nc21. The number of aryl methyl sites for hydroxylation is 2. The van der Waals surface area contributed by atoms with E-state index in [1.807, 2.05) is 48.7 Å². The number of halogens is 1. The first kappa shape index (κ1) is 19.5. The van der Waals surface area contributed by atoms with Gasteiger partial charge in [-0.05, 0) is 44.2 Å². The fourth-order valence-electron chi connectivity index (χ4n) is 3.76. The van der Waals surface area contributed by atoms with Crippen molar-refractivity contribution in [2.45, 2.75) is 20.4 Å². The molecule has 0 bridgehead atoms. The Morgan fingerprint density at radius 3 is 2.59 bits per heavy atom. The van der Waals surface area contributed by atoms with Crippen LogP contribution in [0.25, 0.3) is 11.0 Å². The van der Waals surface area contributed by atoms with Crippen LogP contribution in [0.15, 0.2) is 47.4 Å². The Labute approximate surface area is 174 Å². The quantitative estimate of drug-likeness (QED) is 0.664. The lowest BCUT2D eigenvalue weighted by Gasteiger charge is -2.36. The van der Waals surface area contributed by atoms with Crippen molar-refractivity contribution in [2.24, 2.45) is 0 Å². The Balaban J connectivity index is 1.59. The van der Waals surface area contributed by atoms with Crippen LogP contribution in [0.3, 0.4) is 0 Å². The maximum absolute atomic E-state index is 13.1. The number of pyridine rings is 2. The van der Waals surface area contributed by atoms with E-state index in [1.54, 1.807) is 17.2 Å². The number of hydrogen-bond donors (Lipinski definition) is 0. The second-order valence-electron chi connectivity index (χ2n) is 7.24. The normalized spacial score (nSPS) is 14.4. The molecule has 3 heterocycles. The molecule has 0 aliphatic carbocycles. The van der Waals surface area contributed by atoms with Gasteiger partial charge in [-0.15, -0.1) is 0 Å². The van der Waals surface area contributed by atoms with Gasteiger partial charge in [0.1, 0.15) is 11.2 Å². The lowest BCUT2D eigenvalue weighted by atomic mass is 10.1. The van der Waals surface area contributed by atoms with Crippen LogP contribution in [0.5, 0.6) is 0 Å². The first-order valence-corrected chi connectivity index (χ1v) is 10.2. The minimum absolute atomic E-state index is 0.209. The molecule has 150 valence electrons. The molecular formula is C22H23ClN4O2. The molecule has 0 unspecified atom stereocenters. The molecule has 1 fully saturated rings. The summed E-state index contributed by atoms with van der Waals surface area (Å²) in [5, 5.41) is 1.18. The van der Waals surface area contributed by atoms with Gasteiger partial charge < -0.3 is 14.4 Å². The van der Waals surface area contributed by atoms with E-state index in [0.29, 0.717) is 48.8 Å². The lowest BCUT2D eigenvalue weighted by molar-refractivity contribution is 0.0745. The van der Waals surface area contributed by atoms with Crippen LogP contribution >= 0.6 is 11.6 Å². The number of anilines is 1. The Morgan fingerprint density at radius 2 is 1.90 bits per heavy atom. The summed E-state index contributed by atoms with van der Waals surface area (Å²) < 4.78 is 1.87. The van der Waals surface area contributed by atoms with E-state index in [1.165, 1.54) is 0 Å². The van der Waals surface area contributed by atoms with E-state index in [0.717, 1.165) is 11.4 Å². The van der Waals surface area contributed by atoms with Crippen LogP contribution in [-0.4, -0.2) is 46.5 Å². The summed E-state index contributed by atoms with van der Waals surface area (Å²) in [4.78, 5) is 34.6. The highest BCUT2D eigenvalue weighted by atomic mass is 35.5. The Morgan fingerprint density at radius 1 is 1.14 bits per heavy atom. The molecular weight excluding hydrogens is 388 g/mol. The summed E-state index contributed by atoms with van der Waals surface area (Å²) >= 11 is 6.09. The van der Waals surface area contributed by atoms with Crippen LogP contribution in [0.2, 0.25) is 5.02 Å². The summed E-state index contributed by atoms with van der Waals surface area (Å²) in [6.45, 7) is 7.01. The lowest BCUT2D eigenvalue weighted by Crippen LogP contribution is -2.49. The molecule has 0 saturated carbocycles. The molecule has 6 nitrogen and oxygen atoms in total. The maximum atomic E-state index is 13.1. The van der Waals surface area contributed by atoms with Gasteiger partial charge in [0.2, 0.25) is 5.43 Å². The molecule has 0 atom stereocenters. The molecule has 1 saturated heterocycles. The van der Waals surface area contributed by atoms with Crippen molar-refractivity contribution in [1.29, 1.82) is 0 Å². The van der Waals surface area contributed by atoms with Crippen molar-refractivity contribution in [2.75, 3.05) is 31.1 Å². The number of hydrogen-bond acceptors (Lipinski definition) is 4. The number of piperazine rings is 1. The fraction of sp³-hybridized carbons (Fsp3) is 0.318. The molecule has 0 spiro atoms. The van der Waals surface area contributed by atoms with E-state index in [4.69, 9.17) is 11.6 Å². The predicted molar refractivity (Wildman–Crippen MR) is 116 cm³/mol. The maximum Gasteiger partial charge on any atom is 0.259 e. The van der Waals surface area contributed by atoms with Crippen LogP contribution in [0.4, 0.5) is 5.69 Å². The summed E-state index contributed by atoms with van der Waals surface area (Å²) in [6, 6.07) is 11.3. The molecule has 7 heteroatoms. The van der Waals surface area contributed by atoms with Crippen molar-refractivity contribution >= 4 is 34.2 Å². The van der Waals surface area contributed by atoms with E-state index >= 15 is 0 Å². The van der Waals surface area contributed by atoms with Gasteiger partial charge in [0, 0.05) is 55.3 Å². The Bertz CT molecular complexity index is 1130. The smallest absolute Gasteiger partial charge is 0.259 e. The number of benzene rings is 1. The molecule has 1 amide bonds. The molecule has 1 aliphatic heterocycles. The average Bonchev–Trinajstić information content (AvgIpc) is 2.73.